The number of carbonyl (C=O) groups excluding carboxylic acids is 2. The molecule has 0 saturated carbocycles. The smallest absolute Gasteiger partial charge is 0.408 e. The highest BCUT2D eigenvalue weighted by molar-refractivity contribution is 7.10. The molecular formula is C12H16ClNO3S. The van der Waals surface area contributed by atoms with Crippen molar-refractivity contribution in [3.05, 3.63) is 21.3 Å². The Morgan fingerprint density at radius 2 is 2.06 bits per heavy atom. The maximum atomic E-state index is 11.7. The summed E-state index contributed by atoms with van der Waals surface area (Å²) in [5, 5.41) is 4.75. The Bertz CT molecular complexity index is 452. The molecule has 1 unspecified atom stereocenters. The molecule has 0 aromatic carbocycles. The Labute approximate surface area is 115 Å². The minimum Gasteiger partial charge on any atom is -0.444 e. The van der Waals surface area contributed by atoms with E-state index in [0.717, 1.165) is 0 Å². The number of aldehydes is 1. The van der Waals surface area contributed by atoms with Gasteiger partial charge >= 0.3 is 6.09 Å². The molecule has 0 fully saturated rings. The summed E-state index contributed by atoms with van der Waals surface area (Å²) in [4.78, 5) is 23.6. The Balaban J connectivity index is 2.88. The number of rotatable bonds is 3. The van der Waals surface area contributed by atoms with E-state index in [0.29, 0.717) is 16.2 Å². The monoisotopic (exact) mass is 289 g/mol. The van der Waals surface area contributed by atoms with Gasteiger partial charge in [0.25, 0.3) is 0 Å². The van der Waals surface area contributed by atoms with Crippen molar-refractivity contribution in [2.45, 2.75) is 38.8 Å². The molecule has 0 spiro atoms. The highest BCUT2D eigenvalue weighted by Gasteiger charge is 2.33. The minimum atomic E-state index is -1.17. The van der Waals surface area contributed by atoms with Crippen LogP contribution in [0.1, 0.15) is 32.6 Å². The minimum absolute atomic E-state index is 0.450. The third kappa shape index (κ3) is 3.71. The van der Waals surface area contributed by atoms with E-state index in [-0.39, 0.29) is 0 Å². The van der Waals surface area contributed by atoms with Gasteiger partial charge in [0.1, 0.15) is 11.1 Å². The first-order valence-electron chi connectivity index (χ1n) is 5.39. The van der Waals surface area contributed by atoms with Gasteiger partial charge < -0.3 is 14.8 Å². The molecule has 100 valence electrons. The van der Waals surface area contributed by atoms with Crippen molar-refractivity contribution >= 4 is 35.3 Å². The Hall–Kier alpha value is -1.07. The van der Waals surface area contributed by atoms with Crippen molar-refractivity contribution in [3.8, 4) is 0 Å². The molecule has 0 aliphatic rings. The van der Waals surface area contributed by atoms with Gasteiger partial charge in [-0.2, -0.15) is 0 Å². The van der Waals surface area contributed by atoms with Crippen molar-refractivity contribution in [1.29, 1.82) is 0 Å². The summed E-state index contributed by atoms with van der Waals surface area (Å²) in [6, 6.07) is 1.68. The average Bonchev–Trinajstić information content (AvgIpc) is 2.61. The van der Waals surface area contributed by atoms with Gasteiger partial charge in [-0.25, -0.2) is 4.79 Å². The molecular weight excluding hydrogens is 274 g/mol. The van der Waals surface area contributed by atoms with Gasteiger partial charge in [-0.1, -0.05) is 11.6 Å². The second-order valence-electron chi connectivity index (χ2n) is 5.04. The van der Waals surface area contributed by atoms with Gasteiger partial charge in [-0.15, -0.1) is 11.3 Å². The highest BCUT2D eigenvalue weighted by atomic mass is 35.5. The zero-order valence-electron chi connectivity index (χ0n) is 10.7. The molecule has 18 heavy (non-hydrogen) atoms. The second-order valence-corrected chi connectivity index (χ2v) is 6.37. The number of amides is 1. The third-order valence-corrected chi connectivity index (χ3v) is 3.66. The lowest BCUT2D eigenvalue weighted by Gasteiger charge is -2.27. The number of carbonyl (C=O) groups is 2. The van der Waals surface area contributed by atoms with E-state index in [9.17, 15) is 9.59 Å². The summed E-state index contributed by atoms with van der Waals surface area (Å²) in [7, 11) is 0. The van der Waals surface area contributed by atoms with Gasteiger partial charge in [-0.05, 0) is 39.1 Å². The molecule has 0 radical (unpaired) electrons. The molecule has 1 aromatic rings. The number of nitrogens with one attached hydrogen (secondary N) is 1. The maximum Gasteiger partial charge on any atom is 0.408 e. The van der Waals surface area contributed by atoms with E-state index in [1.165, 1.54) is 11.3 Å². The van der Waals surface area contributed by atoms with E-state index in [2.05, 4.69) is 5.32 Å². The van der Waals surface area contributed by atoms with Crippen molar-refractivity contribution in [2.24, 2.45) is 0 Å². The van der Waals surface area contributed by atoms with Crippen LogP contribution in [0.15, 0.2) is 11.4 Å². The first-order valence-corrected chi connectivity index (χ1v) is 6.65. The second kappa shape index (κ2) is 5.28. The van der Waals surface area contributed by atoms with Crippen LogP contribution in [0.3, 0.4) is 0 Å². The van der Waals surface area contributed by atoms with Gasteiger partial charge in [0.2, 0.25) is 0 Å². The van der Waals surface area contributed by atoms with Crippen molar-refractivity contribution < 1.29 is 14.3 Å². The Morgan fingerprint density at radius 3 is 2.44 bits per heavy atom. The largest absolute Gasteiger partial charge is 0.444 e. The summed E-state index contributed by atoms with van der Waals surface area (Å²) in [5.74, 6) is 0. The van der Waals surface area contributed by atoms with Gasteiger partial charge in [-0.3, -0.25) is 0 Å². The Morgan fingerprint density at radius 1 is 1.44 bits per heavy atom. The van der Waals surface area contributed by atoms with Crippen LogP contribution in [-0.4, -0.2) is 18.0 Å². The molecule has 1 atom stereocenters. The zero-order valence-corrected chi connectivity index (χ0v) is 12.3. The first-order chi connectivity index (χ1) is 8.18. The fourth-order valence-electron chi connectivity index (χ4n) is 1.32. The normalized spacial score (nSPS) is 14.7. The summed E-state index contributed by atoms with van der Waals surface area (Å²) < 4.78 is 5.13. The van der Waals surface area contributed by atoms with Crippen LogP contribution in [0.25, 0.3) is 0 Å². The number of alkyl carbamates (subject to hydrolysis) is 1. The third-order valence-electron chi connectivity index (χ3n) is 2.09. The number of hydrogen-bond donors (Lipinski definition) is 1. The van der Waals surface area contributed by atoms with E-state index in [1.54, 1.807) is 39.1 Å². The van der Waals surface area contributed by atoms with Crippen LogP contribution in [0.2, 0.25) is 5.02 Å². The fourth-order valence-corrected chi connectivity index (χ4v) is 2.65. The maximum absolute atomic E-state index is 11.7. The van der Waals surface area contributed by atoms with E-state index >= 15 is 0 Å². The quantitative estimate of drug-likeness (QED) is 0.868. The lowest BCUT2D eigenvalue weighted by molar-refractivity contribution is -0.113. The molecule has 1 heterocycles. The van der Waals surface area contributed by atoms with Gasteiger partial charge in [0.15, 0.2) is 6.29 Å². The SMILES string of the molecule is CC(C)(C)OC(=O)NC(C)(C=O)c1sccc1Cl. The highest BCUT2D eigenvalue weighted by Crippen LogP contribution is 2.32. The molecule has 4 nitrogen and oxygen atoms in total. The summed E-state index contributed by atoms with van der Waals surface area (Å²) >= 11 is 7.29. The first kappa shape index (κ1) is 15.0. The van der Waals surface area contributed by atoms with Crippen LogP contribution >= 0.6 is 22.9 Å². The number of ether oxygens (including phenoxy) is 1. The van der Waals surface area contributed by atoms with Crippen LogP contribution in [0.5, 0.6) is 0 Å². The van der Waals surface area contributed by atoms with Crippen molar-refractivity contribution in [3.63, 3.8) is 0 Å². The Kier molecular flexibility index (Phi) is 4.40. The fraction of sp³-hybridized carbons (Fsp3) is 0.500. The molecule has 1 rings (SSSR count). The van der Waals surface area contributed by atoms with E-state index < -0.39 is 17.2 Å². The molecule has 1 N–H and O–H groups in total. The van der Waals surface area contributed by atoms with Crippen LogP contribution in [0.4, 0.5) is 4.79 Å². The lowest BCUT2D eigenvalue weighted by atomic mass is 10.0. The molecule has 1 amide bonds. The number of hydrogen-bond acceptors (Lipinski definition) is 4. The summed E-state index contributed by atoms with van der Waals surface area (Å²) in [6.07, 6.45) is -0.00387. The standard InChI is InChI=1S/C12H16ClNO3S/c1-11(2,3)17-10(16)14-12(4,7-15)9-8(13)5-6-18-9/h5-7H,1-4H3,(H,14,16). The zero-order chi connectivity index (χ0) is 14.0. The summed E-state index contributed by atoms with van der Waals surface area (Å²) in [6.45, 7) is 6.84. The predicted molar refractivity (Wildman–Crippen MR) is 72.1 cm³/mol. The number of thiophene rings is 1. The van der Waals surface area contributed by atoms with Crippen LogP contribution < -0.4 is 5.32 Å². The van der Waals surface area contributed by atoms with Crippen molar-refractivity contribution in [2.75, 3.05) is 0 Å². The molecule has 1 aromatic heterocycles. The molecule has 0 aliphatic heterocycles. The van der Waals surface area contributed by atoms with Crippen LogP contribution in [-0.2, 0) is 15.1 Å². The topological polar surface area (TPSA) is 55.4 Å². The van der Waals surface area contributed by atoms with Gasteiger partial charge in [0, 0.05) is 0 Å². The van der Waals surface area contributed by atoms with Crippen molar-refractivity contribution in [1.82, 2.24) is 5.32 Å². The molecule has 0 aliphatic carbocycles. The van der Waals surface area contributed by atoms with E-state index in [4.69, 9.17) is 16.3 Å². The molecule has 6 heteroatoms. The number of halogens is 1. The van der Waals surface area contributed by atoms with E-state index in [1.807, 2.05) is 0 Å². The molecule has 0 bridgehead atoms. The summed E-state index contributed by atoms with van der Waals surface area (Å²) in [5.41, 5.74) is -1.79. The predicted octanol–water partition coefficient (Wildman–Crippen LogP) is 3.34. The van der Waals surface area contributed by atoms with Gasteiger partial charge in [0.05, 0.1) is 9.90 Å². The average molecular weight is 290 g/mol. The molecule has 0 saturated heterocycles. The van der Waals surface area contributed by atoms with Crippen LogP contribution in [0, 0.1) is 0 Å². The lowest BCUT2D eigenvalue weighted by Crippen LogP contribution is -2.46.